The summed E-state index contributed by atoms with van der Waals surface area (Å²) in [5.74, 6) is -0.289. The van der Waals surface area contributed by atoms with E-state index >= 15 is 0 Å². The summed E-state index contributed by atoms with van der Waals surface area (Å²) in [6, 6.07) is 9.06. The monoisotopic (exact) mass is 294 g/mol. The summed E-state index contributed by atoms with van der Waals surface area (Å²) in [7, 11) is 0. The largest absolute Gasteiger partial charge is 0.381 e. The lowest BCUT2D eigenvalue weighted by molar-refractivity contribution is -0.384. The lowest BCUT2D eigenvalue weighted by Gasteiger charge is -2.10. The van der Waals surface area contributed by atoms with Crippen molar-refractivity contribution < 1.29 is 9.31 Å². The van der Waals surface area contributed by atoms with Gasteiger partial charge >= 0.3 is 0 Å². The van der Waals surface area contributed by atoms with Crippen LogP contribution in [0.2, 0.25) is 5.02 Å². The van der Waals surface area contributed by atoms with Crippen LogP contribution in [0.1, 0.15) is 11.1 Å². The van der Waals surface area contributed by atoms with Crippen molar-refractivity contribution in [3.63, 3.8) is 0 Å². The molecule has 2 aromatic carbocycles. The van der Waals surface area contributed by atoms with Crippen molar-refractivity contribution >= 4 is 23.0 Å². The molecule has 6 heteroatoms. The fourth-order valence-corrected chi connectivity index (χ4v) is 2.03. The van der Waals surface area contributed by atoms with Gasteiger partial charge in [-0.25, -0.2) is 4.39 Å². The van der Waals surface area contributed by atoms with Crippen LogP contribution < -0.4 is 5.32 Å². The number of hydrogen-bond acceptors (Lipinski definition) is 3. The van der Waals surface area contributed by atoms with E-state index in [4.69, 9.17) is 11.6 Å². The van der Waals surface area contributed by atoms with E-state index in [1.165, 1.54) is 24.3 Å². The third-order valence-electron chi connectivity index (χ3n) is 2.89. The first-order valence-corrected chi connectivity index (χ1v) is 6.28. The van der Waals surface area contributed by atoms with Gasteiger partial charge in [-0.05, 0) is 36.2 Å². The summed E-state index contributed by atoms with van der Waals surface area (Å²) in [6.07, 6.45) is 0. The molecule has 0 fully saturated rings. The fourth-order valence-electron chi connectivity index (χ4n) is 1.80. The summed E-state index contributed by atoms with van der Waals surface area (Å²) < 4.78 is 12.8. The molecule has 0 aliphatic heterocycles. The quantitative estimate of drug-likeness (QED) is 0.675. The standard InChI is InChI=1S/C14H12ClFN2O2/c1-9-6-14(18(19)20)12(15)7-13(9)17-8-10-2-4-11(16)5-3-10/h2-7,17H,8H2,1H3. The number of nitrogens with zero attached hydrogens (tertiary/aromatic N) is 1. The Morgan fingerprint density at radius 3 is 2.55 bits per heavy atom. The van der Waals surface area contributed by atoms with Crippen molar-refractivity contribution in [3.05, 3.63) is 68.5 Å². The molecule has 0 radical (unpaired) electrons. The van der Waals surface area contributed by atoms with Crippen molar-refractivity contribution in [1.29, 1.82) is 0 Å². The molecule has 2 aromatic rings. The Morgan fingerprint density at radius 1 is 1.30 bits per heavy atom. The van der Waals surface area contributed by atoms with E-state index in [0.717, 1.165) is 11.1 Å². The first-order chi connectivity index (χ1) is 9.47. The molecular formula is C14H12ClFN2O2. The molecule has 0 spiro atoms. The van der Waals surface area contributed by atoms with E-state index in [0.29, 0.717) is 12.2 Å². The SMILES string of the molecule is Cc1cc([N+](=O)[O-])c(Cl)cc1NCc1ccc(F)cc1. The second-order valence-electron chi connectivity index (χ2n) is 4.36. The Kier molecular flexibility index (Phi) is 4.20. The van der Waals surface area contributed by atoms with Crippen LogP contribution in [-0.2, 0) is 6.54 Å². The van der Waals surface area contributed by atoms with Gasteiger partial charge < -0.3 is 5.32 Å². The highest BCUT2D eigenvalue weighted by Crippen LogP contribution is 2.30. The van der Waals surface area contributed by atoms with Gasteiger partial charge in [-0.3, -0.25) is 10.1 Å². The molecule has 1 N–H and O–H groups in total. The fraction of sp³-hybridized carbons (Fsp3) is 0.143. The van der Waals surface area contributed by atoms with Crippen LogP contribution in [0.25, 0.3) is 0 Å². The number of hydrogen-bond donors (Lipinski definition) is 1. The zero-order valence-electron chi connectivity index (χ0n) is 10.7. The highest BCUT2D eigenvalue weighted by atomic mass is 35.5. The number of nitro groups is 1. The molecule has 0 aromatic heterocycles. The maximum atomic E-state index is 12.8. The number of rotatable bonds is 4. The Bertz CT molecular complexity index is 644. The minimum absolute atomic E-state index is 0.0854. The van der Waals surface area contributed by atoms with Gasteiger partial charge in [0.25, 0.3) is 5.69 Å². The number of nitro benzene ring substituents is 1. The predicted octanol–water partition coefficient (Wildman–Crippen LogP) is 4.31. The van der Waals surface area contributed by atoms with Gasteiger partial charge in [-0.1, -0.05) is 23.7 Å². The Labute approximate surface area is 120 Å². The summed E-state index contributed by atoms with van der Waals surface area (Å²) >= 11 is 5.87. The average Bonchev–Trinajstić information content (AvgIpc) is 2.41. The number of halogens is 2. The molecule has 0 bridgehead atoms. The lowest BCUT2D eigenvalue weighted by atomic mass is 10.1. The Morgan fingerprint density at radius 2 is 1.95 bits per heavy atom. The molecule has 0 saturated carbocycles. The van der Waals surface area contributed by atoms with Crippen molar-refractivity contribution in [3.8, 4) is 0 Å². The van der Waals surface area contributed by atoms with E-state index < -0.39 is 4.92 Å². The molecule has 0 aliphatic rings. The van der Waals surface area contributed by atoms with Gasteiger partial charge in [0.05, 0.1) is 4.92 Å². The van der Waals surface area contributed by atoms with Crippen LogP contribution in [0, 0.1) is 22.9 Å². The van der Waals surface area contributed by atoms with Crippen molar-refractivity contribution in [2.24, 2.45) is 0 Å². The average molecular weight is 295 g/mol. The normalized spacial score (nSPS) is 10.3. The minimum Gasteiger partial charge on any atom is -0.381 e. The lowest BCUT2D eigenvalue weighted by Crippen LogP contribution is -2.02. The number of benzene rings is 2. The van der Waals surface area contributed by atoms with Gasteiger partial charge in [0, 0.05) is 18.3 Å². The first kappa shape index (κ1) is 14.3. The highest BCUT2D eigenvalue weighted by molar-refractivity contribution is 6.33. The van der Waals surface area contributed by atoms with Crippen LogP contribution in [0.4, 0.5) is 15.8 Å². The Balaban J connectivity index is 2.16. The van der Waals surface area contributed by atoms with Gasteiger partial charge in [0.1, 0.15) is 10.8 Å². The van der Waals surface area contributed by atoms with Gasteiger partial charge in [-0.15, -0.1) is 0 Å². The van der Waals surface area contributed by atoms with Crippen LogP contribution >= 0.6 is 11.6 Å². The molecule has 0 aliphatic carbocycles. The van der Waals surface area contributed by atoms with Crippen molar-refractivity contribution in [2.75, 3.05) is 5.32 Å². The molecule has 2 rings (SSSR count). The maximum Gasteiger partial charge on any atom is 0.288 e. The third kappa shape index (κ3) is 3.24. The summed E-state index contributed by atoms with van der Waals surface area (Å²) in [5.41, 5.74) is 2.23. The second kappa shape index (κ2) is 5.88. The van der Waals surface area contributed by atoms with E-state index in [1.54, 1.807) is 19.1 Å². The zero-order valence-corrected chi connectivity index (χ0v) is 11.4. The highest BCUT2D eigenvalue weighted by Gasteiger charge is 2.14. The zero-order chi connectivity index (χ0) is 14.7. The molecule has 104 valence electrons. The number of nitrogens with one attached hydrogen (secondary N) is 1. The van der Waals surface area contributed by atoms with Crippen LogP contribution in [0.15, 0.2) is 36.4 Å². The van der Waals surface area contributed by atoms with Crippen molar-refractivity contribution in [2.45, 2.75) is 13.5 Å². The minimum atomic E-state index is -0.515. The van der Waals surface area contributed by atoms with Gasteiger partial charge in [-0.2, -0.15) is 0 Å². The molecule has 4 nitrogen and oxygen atoms in total. The summed E-state index contributed by atoms with van der Waals surface area (Å²) in [5, 5.41) is 14.0. The van der Waals surface area contributed by atoms with E-state index in [9.17, 15) is 14.5 Å². The van der Waals surface area contributed by atoms with Crippen LogP contribution in [-0.4, -0.2) is 4.92 Å². The second-order valence-corrected chi connectivity index (χ2v) is 4.76. The van der Waals surface area contributed by atoms with Gasteiger partial charge in [0.15, 0.2) is 0 Å². The molecule has 0 saturated heterocycles. The topological polar surface area (TPSA) is 55.2 Å². The van der Waals surface area contributed by atoms with Crippen molar-refractivity contribution in [1.82, 2.24) is 0 Å². The molecule has 0 heterocycles. The third-order valence-corrected chi connectivity index (χ3v) is 3.19. The molecule has 0 atom stereocenters. The molecule has 20 heavy (non-hydrogen) atoms. The predicted molar refractivity (Wildman–Crippen MR) is 76.6 cm³/mol. The summed E-state index contributed by atoms with van der Waals surface area (Å²) in [4.78, 5) is 10.2. The number of anilines is 1. The maximum absolute atomic E-state index is 12.8. The van der Waals surface area contributed by atoms with E-state index in [2.05, 4.69) is 5.32 Å². The molecule has 0 unspecified atom stereocenters. The molecular weight excluding hydrogens is 283 g/mol. The summed E-state index contributed by atoms with van der Waals surface area (Å²) in [6.45, 7) is 2.24. The Hall–Kier alpha value is -2.14. The molecule has 0 amide bonds. The van der Waals surface area contributed by atoms with E-state index in [1.807, 2.05) is 0 Å². The van der Waals surface area contributed by atoms with E-state index in [-0.39, 0.29) is 16.5 Å². The van der Waals surface area contributed by atoms with Gasteiger partial charge in [0.2, 0.25) is 0 Å². The smallest absolute Gasteiger partial charge is 0.288 e. The van der Waals surface area contributed by atoms with Crippen LogP contribution in [0.5, 0.6) is 0 Å². The van der Waals surface area contributed by atoms with Crippen LogP contribution in [0.3, 0.4) is 0 Å². The number of aryl methyl sites for hydroxylation is 1. The first-order valence-electron chi connectivity index (χ1n) is 5.90.